The first-order chi connectivity index (χ1) is 9.01. The van der Waals surface area contributed by atoms with Gasteiger partial charge in [0.05, 0.1) is 13.0 Å². The normalized spacial score (nSPS) is 14.3. The lowest BCUT2D eigenvalue weighted by molar-refractivity contribution is 0.135. The molecule has 2 rings (SSSR count). The Labute approximate surface area is 112 Å². The van der Waals surface area contributed by atoms with E-state index in [-0.39, 0.29) is 0 Å². The third-order valence-corrected chi connectivity index (χ3v) is 2.90. The van der Waals surface area contributed by atoms with Crippen LogP contribution in [-0.2, 0) is 16.7 Å². The van der Waals surface area contributed by atoms with E-state index < -0.39 is 5.54 Å². The van der Waals surface area contributed by atoms with Crippen LogP contribution in [0.3, 0.4) is 0 Å². The highest BCUT2D eigenvalue weighted by atomic mass is 16.5. The van der Waals surface area contributed by atoms with Crippen LogP contribution >= 0.6 is 0 Å². The smallest absolute Gasteiger partial charge is 0.231 e. The van der Waals surface area contributed by atoms with Crippen molar-refractivity contribution in [2.45, 2.75) is 25.8 Å². The Morgan fingerprint density at radius 2 is 2.00 bits per heavy atom. The largest absolute Gasteiger partial charge is 0.382 e. The van der Waals surface area contributed by atoms with Gasteiger partial charge in [-0.25, -0.2) is 0 Å². The molecule has 0 radical (unpaired) electrons. The molecule has 1 aromatic carbocycles. The minimum absolute atomic E-state index is 0.344. The number of hydrogen-bond donors (Lipinski definition) is 1. The number of aryl methyl sites for hydroxylation is 1. The Hall–Kier alpha value is -1.72. The molecule has 5 nitrogen and oxygen atoms in total. The van der Waals surface area contributed by atoms with Crippen LogP contribution in [-0.4, -0.2) is 23.9 Å². The fraction of sp³-hybridized carbons (Fsp3) is 0.429. The van der Waals surface area contributed by atoms with Crippen LogP contribution in [0.4, 0.5) is 0 Å². The zero-order chi connectivity index (χ0) is 13.9. The second-order valence-electron chi connectivity index (χ2n) is 5.02. The predicted octanol–water partition coefficient (Wildman–Crippen LogP) is 1.79. The number of methoxy groups -OCH3 is 1. The molecule has 0 aliphatic carbocycles. The van der Waals surface area contributed by atoms with Crippen molar-refractivity contribution < 1.29 is 9.26 Å². The van der Waals surface area contributed by atoms with E-state index in [1.54, 1.807) is 7.11 Å². The molecule has 0 saturated heterocycles. The number of hydrogen-bond acceptors (Lipinski definition) is 5. The third-order valence-electron chi connectivity index (χ3n) is 2.90. The second kappa shape index (κ2) is 5.50. The summed E-state index contributed by atoms with van der Waals surface area (Å²) < 4.78 is 10.3. The maximum Gasteiger partial charge on any atom is 0.231 e. The molecule has 0 aliphatic rings. The van der Waals surface area contributed by atoms with E-state index >= 15 is 0 Å². The van der Waals surface area contributed by atoms with Gasteiger partial charge in [0.15, 0.2) is 5.82 Å². The average Bonchev–Trinajstić information content (AvgIpc) is 2.81. The summed E-state index contributed by atoms with van der Waals surface area (Å²) in [6.07, 6.45) is 0.607. The summed E-state index contributed by atoms with van der Waals surface area (Å²) in [7, 11) is 1.60. The lowest BCUT2D eigenvalue weighted by Gasteiger charge is -2.18. The van der Waals surface area contributed by atoms with Crippen molar-refractivity contribution in [1.29, 1.82) is 0 Å². The van der Waals surface area contributed by atoms with Gasteiger partial charge in [0.1, 0.15) is 5.54 Å². The van der Waals surface area contributed by atoms with Crippen LogP contribution < -0.4 is 5.73 Å². The molecule has 0 bridgehead atoms. The SMILES string of the molecule is COCC(C)(N)c1noc(Cc2ccc(C)cc2)n1. The van der Waals surface area contributed by atoms with Crippen molar-refractivity contribution >= 4 is 0 Å². The van der Waals surface area contributed by atoms with E-state index in [2.05, 4.69) is 41.3 Å². The molecule has 5 heteroatoms. The van der Waals surface area contributed by atoms with E-state index in [4.69, 9.17) is 15.0 Å². The monoisotopic (exact) mass is 261 g/mol. The minimum atomic E-state index is -0.732. The van der Waals surface area contributed by atoms with Gasteiger partial charge in [-0.15, -0.1) is 0 Å². The first kappa shape index (κ1) is 13.7. The Morgan fingerprint density at radius 1 is 1.32 bits per heavy atom. The van der Waals surface area contributed by atoms with Crippen molar-refractivity contribution in [3.63, 3.8) is 0 Å². The molecule has 1 aromatic heterocycles. The first-order valence-electron chi connectivity index (χ1n) is 6.18. The molecule has 0 saturated carbocycles. The summed E-state index contributed by atoms with van der Waals surface area (Å²) in [5.74, 6) is 1.03. The second-order valence-corrected chi connectivity index (χ2v) is 5.02. The number of aromatic nitrogens is 2. The zero-order valence-electron chi connectivity index (χ0n) is 11.5. The third kappa shape index (κ3) is 3.39. The number of nitrogens with zero attached hydrogens (tertiary/aromatic N) is 2. The summed E-state index contributed by atoms with van der Waals surface area (Å²) in [5.41, 5.74) is 7.69. The van der Waals surface area contributed by atoms with Crippen molar-refractivity contribution in [3.05, 3.63) is 47.1 Å². The summed E-state index contributed by atoms with van der Waals surface area (Å²) in [5, 5.41) is 3.93. The molecule has 1 atom stereocenters. The van der Waals surface area contributed by atoms with Gasteiger partial charge in [-0.05, 0) is 19.4 Å². The Balaban J connectivity index is 2.11. The molecule has 0 amide bonds. The van der Waals surface area contributed by atoms with Crippen molar-refractivity contribution in [2.75, 3.05) is 13.7 Å². The van der Waals surface area contributed by atoms with Gasteiger partial charge in [-0.2, -0.15) is 4.98 Å². The summed E-state index contributed by atoms with van der Waals surface area (Å²) in [6, 6.07) is 8.22. The molecule has 2 N–H and O–H groups in total. The number of benzene rings is 1. The molecule has 0 spiro atoms. The predicted molar refractivity (Wildman–Crippen MR) is 71.7 cm³/mol. The van der Waals surface area contributed by atoms with Crippen LogP contribution in [0.1, 0.15) is 29.8 Å². The summed E-state index contributed by atoms with van der Waals surface area (Å²) >= 11 is 0. The molecule has 102 valence electrons. The highest BCUT2D eigenvalue weighted by molar-refractivity contribution is 5.23. The summed E-state index contributed by atoms with van der Waals surface area (Å²) in [4.78, 5) is 4.34. The van der Waals surface area contributed by atoms with Gasteiger partial charge < -0.3 is 15.0 Å². The van der Waals surface area contributed by atoms with Crippen molar-refractivity contribution in [2.24, 2.45) is 5.73 Å². The molecule has 1 heterocycles. The number of nitrogens with two attached hydrogens (primary N) is 1. The number of ether oxygens (including phenoxy) is 1. The molecule has 2 aromatic rings. The lowest BCUT2D eigenvalue weighted by Crippen LogP contribution is -2.39. The topological polar surface area (TPSA) is 74.2 Å². The molecule has 1 unspecified atom stereocenters. The van der Waals surface area contributed by atoms with Gasteiger partial charge in [0.25, 0.3) is 0 Å². The van der Waals surface area contributed by atoms with Crippen LogP contribution in [0, 0.1) is 6.92 Å². The highest BCUT2D eigenvalue weighted by Gasteiger charge is 2.27. The van der Waals surface area contributed by atoms with Gasteiger partial charge in [-0.3, -0.25) is 0 Å². The Bertz CT molecular complexity index is 532. The fourth-order valence-electron chi connectivity index (χ4n) is 1.80. The van der Waals surface area contributed by atoms with Crippen LogP contribution in [0.2, 0.25) is 0 Å². The maximum atomic E-state index is 6.07. The highest BCUT2D eigenvalue weighted by Crippen LogP contribution is 2.16. The maximum absolute atomic E-state index is 6.07. The Morgan fingerprint density at radius 3 is 2.63 bits per heavy atom. The lowest BCUT2D eigenvalue weighted by atomic mass is 10.1. The van der Waals surface area contributed by atoms with E-state index in [1.807, 2.05) is 6.92 Å². The molecular weight excluding hydrogens is 242 g/mol. The van der Waals surface area contributed by atoms with Crippen molar-refractivity contribution in [1.82, 2.24) is 10.1 Å². The molecule has 0 fully saturated rings. The Kier molecular flexibility index (Phi) is 3.97. The van der Waals surface area contributed by atoms with Crippen molar-refractivity contribution in [3.8, 4) is 0 Å². The first-order valence-corrected chi connectivity index (χ1v) is 6.18. The molecule has 19 heavy (non-hydrogen) atoms. The van der Waals surface area contributed by atoms with Crippen LogP contribution in [0.25, 0.3) is 0 Å². The van der Waals surface area contributed by atoms with E-state index in [0.29, 0.717) is 24.7 Å². The standard InChI is InChI=1S/C14H19N3O2/c1-10-4-6-11(7-5-10)8-12-16-13(17-19-12)14(2,15)9-18-3/h4-7H,8-9,15H2,1-3H3. The van der Waals surface area contributed by atoms with Crippen LogP contribution in [0.15, 0.2) is 28.8 Å². The average molecular weight is 261 g/mol. The van der Waals surface area contributed by atoms with Gasteiger partial charge >= 0.3 is 0 Å². The number of rotatable bonds is 5. The van der Waals surface area contributed by atoms with Gasteiger partial charge in [-0.1, -0.05) is 35.0 Å². The summed E-state index contributed by atoms with van der Waals surface area (Å²) in [6.45, 7) is 4.21. The van der Waals surface area contributed by atoms with E-state index in [0.717, 1.165) is 5.56 Å². The van der Waals surface area contributed by atoms with E-state index in [9.17, 15) is 0 Å². The van der Waals surface area contributed by atoms with Crippen LogP contribution in [0.5, 0.6) is 0 Å². The molecular formula is C14H19N3O2. The quantitative estimate of drug-likeness (QED) is 0.888. The molecule has 0 aliphatic heterocycles. The minimum Gasteiger partial charge on any atom is -0.382 e. The fourth-order valence-corrected chi connectivity index (χ4v) is 1.80. The van der Waals surface area contributed by atoms with Gasteiger partial charge in [0.2, 0.25) is 5.89 Å². The van der Waals surface area contributed by atoms with Gasteiger partial charge in [0, 0.05) is 7.11 Å². The zero-order valence-corrected chi connectivity index (χ0v) is 11.5. The van der Waals surface area contributed by atoms with E-state index in [1.165, 1.54) is 5.56 Å².